The van der Waals surface area contributed by atoms with Crippen LogP contribution in [0.15, 0.2) is 0 Å². The van der Waals surface area contributed by atoms with Crippen molar-refractivity contribution in [3.63, 3.8) is 0 Å². The number of cyclic esters (lactones) is 2. The monoisotopic (exact) mass is 270 g/mol. The van der Waals surface area contributed by atoms with Gasteiger partial charge in [-0.2, -0.15) is 0 Å². The number of carbonyl (C=O) groups excluding carboxylic acids is 2. The van der Waals surface area contributed by atoms with Gasteiger partial charge in [0.15, 0.2) is 5.60 Å². The fourth-order valence-corrected chi connectivity index (χ4v) is 3.17. The zero-order chi connectivity index (χ0) is 13.7. The number of hydrogen-bond donors (Lipinski definition) is 1. The van der Waals surface area contributed by atoms with Gasteiger partial charge in [0.1, 0.15) is 18.6 Å². The van der Waals surface area contributed by atoms with Gasteiger partial charge in [-0.15, -0.1) is 0 Å². The lowest BCUT2D eigenvalue weighted by atomic mass is 9.74. The Bertz CT molecular complexity index is 453. The molecule has 3 rings (SSSR count). The van der Waals surface area contributed by atoms with Gasteiger partial charge < -0.3 is 19.3 Å². The van der Waals surface area contributed by atoms with Crippen molar-refractivity contribution in [2.75, 3.05) is 19.8 Å². The predicted molar refractivity (Wildman–Crippen MR) is 58.0 cm³/mol. The summed E-state index contributed by atoms with van der Waals surface area (Å²) < 4.78 is 15.6. The number of carboxylic acids is 1. The van der Waals surface area contributed by atoms with Gasteiger partial charge >= 0.3 is 17.9 Å². The molecule has 0 bridgehead atoms. The molecule has 3 aliphatic rings. The number of hydrogen-bond acceptors (Lipinski definition) is 6. The molecule has 2 unspecified atom stereocenters. The van der Waals surface area contributed by atoms with Crippen LogP contribution in [0.5, 0.6) is 0 Å². The molecule has 2 saturated heterocycles. The Labute approximate surface area is 108 Å². The van der Waals surface area contributed by atoms with Gasteiger partial charge in [-0.3, -0.25) is 9.59 Å². The van der Waals surface area contributed by atoms with E-state index in [1.165, 1.54) is 0 Å². The van der Waals surface area contributed by atoms with Gasteiger partial charge in [-0.05, 0) is 19.3 Å². The standard InChI is InChI=1S/C12H14O7/c13-8(14)7-1-4-19-12(7)10(16)18-6-5-17-9(15)11(12)2-3-11/h7H,1-6H2,(H,13,14). The topological polar surface area (TPSA) is 99.1 Å². The normalized spacial score (nSPS) is 36.5. The average Bonchev–Trinajstić information content (AvgIpc) is 3.06. The summed E-state index contributed by atoms with van der Waals surface area (Å²) in [5, 5.41) is 9.32. The summed E-state index contributed by atoms with van der Waals surface area (Å²) in [6.45, 7) is 0.0549. The zero-order valence-electron chi connectivity index (χ0n) is 10.2. The highest BCUT2D eigenvalue weighted by molar-refractivity contribution is 5.97. The summed E-state index contributed by atoms with van der Waals surface area (Å²) in [6.07, 6.45) is 0.981. The number of fused-ring (bicyclic) bond motifs is 1. The lowest BCUT2D eigenvalue weighted by molar-refractivity contribution is -0.203. The van der Waals surface area contributed by atoms with Gasteiger partial charge in [-0.1, -0.05) is 0 Å². The molecule has 2 heterocycles. The third-order valence-electron chi connectivity index (χ3n) is 4.23. The second kappa shape index (κ2) is 3.93. The summed E-state index contributed by atoms with van der Waals surface area (Å²) in [5.74, 6) is -3.49. The van der Waals surface area contributed by atoms with Crippen LogP contribution < -0.4 is 0 Å². The van der Waals surface area contributed by atoms with Crippen molar-refractivity contribution in [1.82, 2.24) is 0 Å². The highest BCUT2D eigenvalue weighted by atomic mass is 16.6. The third kappa shape index (κ3) is 1.44. The minimum absolute atomic E-state index is 0.000140. The molecule has 19 heavy (non-hydrogen) atoms. The van der Waals surface area contributed by atoms with Crippen LogP contribution in [0.2, 0.25) is 0 Å². The Morgan fingerprint density at radius 2 is 1.74 bits per heavy atom. The fourth-order valence-electron chi connectivity index (χ4n) is 3.17. The summed E-state index contributed by atoms with van der Waals surface area (Å²) in [6, 6.07) is 0. The van der Waals surface area contributed by atoms with E-state index in [4.69, 9.17) is 14.2 Å². The van der Waals surface area contributed by atoms with Crippen LogP contribution in [-0.4, -0.2) is 48.4 Å². The second-order valence-electron chi connectivity index (χ2n) is 5.12. The minimum atomic E-state index is -1.71. The molecular formula is C12H14O7. The first-order valence-corrected chi connectivity index (χ1v) is 6.26. The largest absolute Gasteiger partial charge is 0.481 e. The zero-order valence-corrected chi connectivity index (χ0v) is 10.2. The van der Waals surface area contributed by atoms with E-state index in [0.717, 1.165) is 0 Å². The summed E-state index contributed by atoms with van der Waals surface area (Å²) in [4.78, 5) is 35.8. The maximum absolute atomic E-state index is 12.3. The Morgan fingerprint density at radius 1 is 1.11 bits per heavy atom. The Kier molecular flexibility index (Phi) is 2.57. The molecule has 7 heteroatoms. The maximum Gasteiger partial charge on any atom is 0.340 e. The number of rotatable bonds is 1. The Morgan fingerprint density at radius 3 is 2.32 bits per heavy atom. The first kappa shape index (κ1) is 12.4. The second-order valence-corrected chi connectivity index (χ2v) is 5.12. The summed E-state index contributed by atoms with van der Waals surface area (Å²) in [5.41, 5.74) is -2.89. The van der Waals surface area contributed by atoms with Crippen molar-refractivity contribution < 1.29 is 33.7 Å². The molecule has 3 fully saturated rings. The van der Waals surface area contributed by atoms with E-state index in [2.05, 4.69) is 0 Å². The SMILES string of the molecule is O=C(O)C1CCOC12C(=O)OCCOC(=O)C21CC1. The molecule has 0 aromatic rings. The fraction of sp³-hybridized carbons (Fsp3) is 0.750. The first-order valence-electron chi connectivity index (χ1n) is 6.26. The van der Waals surface area contributed by atoms with Crippen molar-refractivity contribution >= 4 is 17.9 Å². The molecule has 1 N–H and O–H groups in total. The van der Waals surface area contributed by atoms with Crippen molar-refractivity contribution in [3.8, 4) is 0 Å². The highest BCUT2D eigenvalue weighted by Crippen LogP contribution is 2.62. The quantitative estimate of drug-likeness (QED) is 0.654. The van der Waals surface area contributed by atoms with Gasteiger partial charge in [0.05, 0.1) is 5.92 Å². The van der Waals surface area contributed by atoms with Crippen LogP contribution in [0.3, 0.4) is 0 Å². The lowest BCUT2D eigenvalue weighted by Gasteiger charge is -2.37. The van der Waals surface area contributed by atoms with Gasteiger partial charge in [0, 0.05) is 6.61 Å². The Hall–Kier alpha value is -1.63. The van der Waals surface area contributed by atoms with Crippen LogP contribution in [0.4, 0.5) is 0 Å². The molecule has 2 aliphatic heterocycles. The number of esters is 2. The van der Waals surface area contributed by atoms with Crippen molar-refractivity contribution in [3.05, 3.63) is 0 Å². The van der Waals surface area contributed by atoms with E-state index >= 15 is 0 Å². The summed E-state index contributed by atoms with van der Waals surface area (Å²) in [7, 11) is 0. The van der Waals surface area contributed by atoms with E-state index in [1.807, 2.05) is 0 Å². The number of carbonyl (C=O) groups is 3. The molecule has 0 radical (unpaired) electrons. The van der Waals surface area contributed by atoms with Gasteiger partial charge in [-0.25, -0.2) is 4.79 Å². The third-order valence-corrected chi connectivity index (χ3v) is 4.23. The minimum Gasteiger partial charge on any atom is -0.481 e. The van der Waals surface area contributed by atoms with Crippen molar-refractivity contribution in [2.45, 2.75) is 24.9 Å². The van der Waals surface area contributed by atoms with Crippen LogP contribution in [0, 0.1) is 11.3 Å². The maximum atomic E-state index is 12.3. The molecule has 104 valence electrons. The molecule has 0 amide bonds. The molecule has 1 saturated carbocycles. The molecule has 0 aromatic heterocycles. The average molecular weight is 270 g/mol. The van der Waals surface area contributed by atoms with E-state index in [9.17, 15) is 19.5 Å². The summed E-state index contributed by atoms with van der Waals surface area (Å²) >= 11 is 0. The van der Waals surface area contributed by atoms with E-state index in [0.29, 0.717) is 12.8 Å². The lowest BCUT2D eigenvalue weighted by Crippen LogP contribution is -2.59. The van der Waals surface area contributed by atoms with Crippen LogP contribution in [-0.2, 0) is 28.6 Å². The number of ether oxygens (including phenoxy) is 3. The van der Waals surface area contributed by atoms with Gasteiger partial charge in [0.2, 0.25) is 0 Å². The molecular weight excluding hydrogens is 256 g/mol. The Balaban J connectivity index is 2.09. The highest BCUT2D eigenvalue weighted by Gasteiger charge is 2.76. The first-order chi connectivity index (χ1) is 9.04. The smallest absolute Gasteiger partial charge is 0.340 e. The molecule has 0 aromatic carbocycles. The molecule has 2 spiro atoms. The van der Waals surface area contributed by atoms with Crippen molar-refractivity contribution in [1.29, 1.82) is 0 Å². The molecule has 1 aliphatic carbocycles. The number of carboxylic acid groups (broad SMARTS) is 1. The van der Waals surface area contributed by atoms with Crippen LogP contribution >= 0.6 is 0 Å². The molecule has 7 nitrogen and oxygen atoms in total. The van der Waals surface area contributed by atoms with Crippen LogP contribution in [0.1, 0.15) is 19.3 Å². The van der Waals surface area contributed by atoms with Crippen LogP contribution in [0.25, 0.3) is 0 Å². The predicted octanol–water partition coefficient (Wildman–Crippen LogP) is -0.274. The van der Waals surface area contributed by atoms with E-state index in [-0.39, 0.29) is 26.2 Å². The van der Waals surface area contributed by atoms with E-state index < -0.39 is 34.8 Å². The molecule has 2 atom stereocenters. The van der Waals surface area contributed by atoms with Crippen molar-refractivity contribution in [2.24, 2.45) is 11.3 Å². The van der Waals surface area contributed by atoms with Gasteiger partial charge in [0.25, 0.3) is 0 Å². The number of aliphatic carboxylic acids is 1. The van der Waals surface area contributed by atoms with E-state index in [1.54, 1.807) is 0 Å².